The van der Waals surface area contributed by atoms with E-state index in [1.165, 1.54) is 24.8 Å². The van der Waals surface area contributed by atoms with E-state index in [-0.39, 0.29) is 17.2 Å². The molecule has 30 heavy (non-hydrogen) atoms. The number of hydrogen-bond acceptors (Lipinski definition) is 3. The monoisotopic (exact) mass is 410 g/mol. The minimum absolute atomic E-state index is 0.0528. The van der Waals surface area contributed by atoms with Gasteiger partial charge in [0, 0.05) is 18.4 Å². The largest absolute Gasteiger partial charge is 0.496 e. The molecule has 5 heteroatoms. The molecule has 0 radical (unpaired) electrons. The van der Waals surface area contributed by atoms with Crippen molar-refractivity contribution in [1.29, 1.82) is 0 Å². The molecule has 0 bridgehead atoms. The molecule has 0 saturated heterocycles. The number of nitrogens with two attached hydrogens (primary N) is 1. The zero-order valence-corrected chi connectivity index (χ0v) is 18.2. The van der Waals surface area contributed by atoms with Crippen molar-refractivity contribution in [3.05, 3.63) is 65.7 Å². The summed E-state index contributed by atoms with van der Waals surface area (Å²) in [5.74, 6) is 0.346. The van der Waals surface area contributed by atoms with Gasteiger partial charge >= 0.3 is 0 Å². The topological polar surface area (TPSA) is 81.4 Å². The molecular formula is C25H34N2O3. The van der Waals surface area contributed by atoms with E-state index in [2.05, 4.69) is 29.6 Å². The smallest absolute Gasteiger partial charge is 0.255 e. The van der Waals surface area contributed by atoms with Crippen LogP contribution in [0.1, 0.15) is 67.8 Å². The first kappa shape index (κ1) is 23.5. The molecule has 2 aromatic carbocycles. The second kappa shape index (κ2) is 12.0. The lowest BCUT2D eigenvalue weighted by atomic mass is 9.69. The Bertz CT molecular complexity index is 799. The van der Waals surface area contributed by atoms with Gasteiger partial charge in [-0.3, -0.25) is 9.59 Å². The van der Waals surface area contributed by atoms with Gasteiger partial charge in [-0.2, -0.15) is 0 Å². The van der Waals surface area contributed by atoms with Crippen LogP contribution >= 0.6 is 0 Å². The Morgan fingerprint density at radius 2 is 1.63 bits per heavy atom. The van der Waals surface area contributed by atoms with Gasteiger partial charge in [-0.1, -0.05) is 68.7 Å². The minimum Gasteiger partial charge on any atom is -0.496 e. The van der Waals surface area contributed by atoms with E-state index in [0.29, 0.717) is 24.3 Å². The summed E-state index contributed by atoms with van der Waals surface area (Å²) in [7, 11) is 1.60. The molecule has 0 heterocycles. The van der Waals surface area contributed by atoms with E-state index in [9.17, 15) is 9.59 Å². The predicted octanol–water partition coefficient (Wildman–Crippen LogP) is 4.60. The standard InChI is InChI=1S/C21H25NO2.C4H9NO/c1-24-19-13-7-6-12-18(19)20(23)22-16-21(14-8-3-9-15-21)17-10-4-2-5-11-17;1-2-3-4(5)6/h2,4-7,10-13H,3,8-9,14-16H2,1H3,(H,22,23);2-3H2,1H3,(H2,5,6). The van der Waals surface area contributed by atoms with Gasteiger partial charge < -0.3 is 15.8 Å². The van der Waals surface area contributed by atoms with Crippen molar-refractivity contribution in [3.63, 3.8) is 0 Å². The van der Waals surface area contributed by atoms with Crippen LogP contribution in [0.4, 0.5) is 0 Å². The highest BCUT2D eigenvalue weighted by molar-refractivity contribution is 5.96. The molecule has 3 rings (SSSR count). The lowest BCUT2D eigenvalue weighted by Gasteiger charge is -2.38. The SMILES string of the molecule is CCCC(N)=O.COc1ccccc1C(=O)NCC1(c2ccccc2)CCCCC1. The zero-order chi connectivity index (χ0) is 21.8. The Labute approximate surface area is 180 Å². The first-order valence-corrected chi connectivity index (χ1v) is 10.8. The third-order valence-corrected chi connectivity index (χ3v) is 5.63. The van der Waals surface area contributed by atoms with Gasteiger partial charge in [0.05, 0.1) is 12.7 Å². The van der Waals surface area contributed by atoms with Crippen molar-refractivity contribution in [1.82, 2.24) is 5.32 Å². The number of amides is 2. The molecule has 1 aliphatic rings. The van der Waals surface area contributed by atoms with Gasteiger partial charge in [0.15, 0.2) is 0 Å². The highest BCUT2D eigenvalue weighted by Gasteiger charge is 2.34. The van der Waals surface area contributed by atoms with Crippen LogP contribution < -0.4 is 15.8 Å². The van der Waals surface area contributed by atoms with Gasteiger partial charge in [-0.05, 0) is 37.0 Å². The maximum atomic E-state index is 12.6. The first-order chi connectivity index (χ1) is 14.5. The Morgan fingerprint density at radius 3 is 2.20 bits per heavy atom. The number of methoxy groups -OCH3 is 1. The van der Waals surface area contributed by atoms with Crippen LogP contribution in [0.3, 0.4) is 0 Å². The van der Waals surface area contributed by atoms with Crippen molar-refractivity contribution in [2.45, 2.75) is 57.3 Å². The Kier molecular flexibility index (Phi) is 9.39. The van der Waals surface area contributed by atoms with E-state index >= 15 is 0 Å². The fourth-order valence-electron chi connectivity index (χ4n) is 4.01. The van der Waals surface area contributed by atoms with Crippen LogP contribution in [0.2, 0.25) is 0 Å². The Balaban J connectivity index is 0.000000469. The van der Waals surface area contributed by atoms with E-state index in [1.807, 2.05) is 37.3 Å². The number of hydrogen-bond donors (Lipinski definition) is 2. The van der Waals surface area contributed by atoms with Crippen LogP contribution in [0.25, 0.3) is 0 Å². The third-order valence-electron chi connectivity index (χ3n) is 5.63. The van der Waals surface area contributed by atoms with Gasteiger partial charge in [-0.25, -0.2) is 0 Å². The number of benzene rings is 2. The number of carbonyl (C=O) groups is 2. The summed E-state index contributed by atoms with van der Waals surface area (Å²) in [5.41, 5.74) is 6.75. The lowest BCUT2D eigenvalue weighted by Crippen LogP contribution is -2.42. The summed E-state index contributed by atoms with van der Waals surface area (Å²) in [6.45, 7) is 2.60. The van der Waals surface area contributed by atoms with Crippen molar-refractivity contribution < 1.29 is 14.3 Å². The fourth-order valence-corrected chi connectivity index (χ4v) is 4.01. The molecular weight excluding hydrogens is 376 g/mol. The second-order valence-electron chi connectivity index (χ2n) is 7.81. The second-order valence-corrected chi connectivity index (χ2v) is 7.81. The van der Waals surface area contributed by atoms with Gasteiger partial charge in [-0.15, -0.1) is 0 Å². The van der Waals surface area contributed by atoms with Crippen LogP contribution in [0.5, 0.6) is 5.75 Å². The number of ether oxygens (including phenoxy) is 1. The highest BCUT2D eigenvalue weighted by atomic mass is 16.5. The van der Waals surface area contributed by atoms with Crippen molar-refractivity contribution in [2.75, 3.05) is 13.7 Å². The average Bonchev–Trinajstić information content (AvgIpc) is 2.79. The lowest BCUT2D eigenvalue weighted by molar-refractivity contribution is -0.118. The number of para-hydroxylation sites is 1. The summed E-state index contributed by atoms with van der Waals surface area (Å²) in [4.78, 5) is 22.5. The van der Waals surface area contributed by atoms with E-state index < -0.39 is 0 Å². The van der Waals surface area contributed by atoms with Crippen LogP contribution in [-0.4, -0.2) is 25.5 Å². The Morgan fingerprint density at radius 1 is 1.00 bits per heavy atom. The fraction of sp³-hybridized carbons (Fsp3) is 0.440. The quantitative estimate of drug-likeness (QED) is 0.700. The van der Waals surface area contributed by atoms with E-state index in [4.69, 9.17) is 10.5 Å². The maximum Gasteiger partial charge on any atom is 0.255 e. The van der Waals surface area contributed by atoms with Gasteiger partial charge in [0.2, 0.25) is 5.91 Å². The van der Waals surface area contributed by atoms with Gasteiger partial charge in [0.25, 0.3) is 5.91 Å². The normalized spacial score (nSPS) is 14.7. The number of primary amides is 1. The minimum atomic E-state index is -0.211. The van der Waals surface area contributed by atoms with Crippen LogP contribution in [0, 0.1) is 0 Å². The average molecular weight is 411 g/mol. The molecule has 0 unspecified atom stereocenters. The van der Waals surface area contributed by atoms with Crippen molar-refractivity contribution in [3.8, 4) is 5.75 Å². The molecule has 0 aliphatic heterocycles. The van der Waals surface area contributed by atoms with Crippen LogP contribution in [-0.2, 0) is 10.2 Å². The number of nitrogens with one attached hydrogen (secondary N) is 1. The summed E-state index contributed by atoms with van der Waals surface area (Å²) >= 11 is 0. The highest BCUT2D eigenvalue weighted by Crippen LogP contribution is 2.39. The molecule has 5 nitrogen and oxygen atoms in total. The van der Waals surface area contributed by atoms with Crippen molar-refractivity contribution >= 4 is 11.8 Å². The van der Waals surface area contributed by atoms with Crippen molar-refractivity contribution in [2.24, 2.45) is 5.73 Å². The zero-order valence-electron chi connectivity index (χ0n) is 18.2. The maximum absolute atomic E-state index is 12.6. The van der Waals surface area contributed by atoms with E-state index in [1.54, 1.807) is 7.11 Å². The molecule has 162 valence electrons. The molecule has 1 fully saturated rings. The summed E-state index contributed by atoms with van der Waals surface area (Å²) < 4.78 is 5.31. The third kappa shape index (κ3) is 6.61. The number of rotatable bonds is 7. The molecule has 0 spiro atoms. The van der Waals surface area contributed by atoms with Gasteiger partial charge in [0.1, 0.15) is 5.75 Å². The molecule has 1 aliphatic carbocycles. The molecule has 0 aromatic heterocycles. The summed E-state index contributed by atoms with van der Waals surface area (Å²) in [5, 5.41) is 3.16. The predicted molar refractivity (Wildman–Crippen MR) is 121 cm³/mol. The molecule has 0 atom stereocenters. The van der Waals surface area contributed by atoms with E-state index in [0.717, 1.165) is 19.3 Å². The summed E-state index contributed by atoms with van der Waals surface area (Å²) in [6, 6.07) is 18.0. The summed E-state index contributed by atoms with van der Waals surface area (Å²) in [6.07, 6.45) is 7.36. The number of carbonyl (C=O) groups excluding carboxylic acids is 2. The molecule has 2 amide bonds. The molecule has 1 saturated carbocycles. The Hall–Kier alpha value is -2.82. The molecule has 3 N–H and O–H groups in total. The first-order valence-electron chi connectivity index (χ1n) is 10.8. The molecule has 2 aromatic rings. The van der Waals surface area contributed by atoms with Crippen LogP contribution in [0.15, 0.2) is 54.6 Å².